The Bertz CT molecular complexity index is 383. The summed E-state index contributed by atoms with van der Waals surface area (Å²) < 4.78 is 14.0. The van der Waals surface area contributed by atoms with Crippen molar-refractivity contribution in [2.24, 2.45) is 11.7 Å². The van der Waals surface area contributed by atoms with Crippen molar-refractivity contribution in [3.05, 3.63) is 34.6 Å². The summed E-state index contributed by atoms with van der Waals surface area (Å²) in [6.45, 7) is 12.1. The molecule has 0 radical (unpaired) electrons. The lowest BCUT2D eigenvalue weighted by atomic mass is 9.95. The number of rotatable bonds is 6. The molecule has 1 aromatic rings. The fourth-order valence-electron chi connectivity index (χ4n) is 2.28. The van der Waals surface area contributed by atoms with Gasteiger partial charge in [0.1, 0.15) is 5.82 Å². The molecule has 0 heterocycles. The predicted octanol–water partition coefficient (Wildman–Crippen LogP) is 5.03. The average molecular weight is 281 g/mol. The molecule has 0 saturated heterocycles. The zero-order valence-corrected chi connectivity index (χ0v) is 14.1. The van der Waals surface area contributed by atoms with Gasteiger partial charge in [-0.3, -0.25) is 0 Å². The van der Waals surface area contributed by atoms with E-state index in [-0.39, 0.29) is 11.9 Å². The van der Waals surface area contributed by atoms with E-state index in [4.69, 9.17) is 5.73 Å². The zero-order valence-electron chi connectivity index (χ0n) is 14.1. The van der Waals surface area contributed by atoms with E-state index >= 15 is 0 Å². The Hall–Kier alpha value is -0.890. The summed E-state index contributed by atoms with van der Waals surface area (Å²) in [5, 5.41) is 0. The quantitative estimate of drug-likeness (QED) is 0.777. The van der Waals surface area contributed by atoms with Crippen LogP contribution in [0.1, 0.15) is 64.2 Å². The monoisotopic (exact) mass is 281 g/mol. The van der Waals surface area contributed by atoms with Gasteiger partial charge in [0.15, 0.2) is 0 Å². The predicted molar refractivity (Wildman–Crippen MR) is 87.6 cm³/mol. The summed E-state index contributed by atoms with van der Waals surface area (Å²) in [6.07, 6.45) is 3.90. The van der Waals surface area contributed by atoms with E-state index in [0.717, 1.165) is 36.8 Å². The Kier molecular flexibility index (Phi) is 9.49. The van der Waals surface area contributed by atoms with Gasteiger partial charge in [-0.2, -0.15) is 0 Å². The molecule has 0 aromatic heterocycles. The molecular formula is C18H32FN. The van der Waals surface area contributed by atoms with Crippen LogP contribution in [-0.4, -0.2) is 6.04 Å². The fourth-order valence-corrected chi connectivity index (χ4v) is 2.28. The molecule has 1 nitrogen and oxygen atoms in total. The fraction of sp³-hybridized carbons (Fsp3) is 0.667. The summed E-state index contributed by atoms with van der Waals surface area (Å²) in [5.41, 5.74) is 8.62. The highest BCUT2D eigenvalue weighted by atomic mass is 19.1. The van der Waals surface area contributed by atoms with Gasteiger partial charge in [0.25, 0.3) is 0 Å². The third-order valence-electron chi connectivity index (χ3n) is 3.14. The van der Waals surface area contributed by atoms with Crippen molar-refractivity contribution in [2.45, 2.75) is 73.3 Å². The molecule has 0 aliphatic heterocycles. The molecule has 1 rings (SSSR count). The molecule has 0 spiro atoms. The first kappa shape index (κ1) is 19.1. The van der Waals surface area contributed by atoms with E-state index in [1.54, 1.807) is 0 Å². The van der Waals surface area contributed by atoms with Crippen LogP contribution in [0, 0.1) is 18.7 Å². The van der Waals surface area contributed by atoms with Crippen LogP contribution in [0.5, 0.6) is 0 Å². The third-order valence-corrected chi connectivity index (χ3v) is 3.14. The van der Waals surface area contributed by atoms with Gasteiger partial charge < -0.3 is 5.73 Å². The SMILES string of the molecule is CC.Cc1cc(CCC[C@H](C)N)cc(CC(C)C)c1F. The van der Waals surface area contributed by atoms with Gasteiger partial charge in [0, 0.05) is 6.04 Å². The van der Waals surface area contributed by atoms with Gasteiger partial charge in [-0.15, -0.1) is 0 Å². The summed E-state index contributed by atoms with van der Waals surface area (Å²) in [5.74, 6) is 0.456. The number of aryl methyl sites for hydroxylation is 2. The molecule has 0 amide bonds. The maximum absolute atomic E-state index is 14.0. The zero-order chi connectivity index (χ0) is 15.7. The summed E-state index contributed by atoms with van der Waals surface area (Å²) in [7, 11) is 0. The van der Waals surface area contributed by atoms with Crippen molar-refractivity contribution in [1.29, 1.82) is 0 Å². The first-order valence-corrected chi connectivity index (χ1v) is 7.93. The minimum Gasteiger partial charge on any atom is -0.328 e. The molecule has 0 aliphatic rings. The van der Waals surface area contributed by atoms with Crippen molar-refractivity contribution < 1.29 is 4.39 Å². The lowest BCUT2D eigenvalue weighted by Crippen LogP contribution is -2.14. The topological polar surface area (TPSA) is 26.0 Å². The van der Waals surface area contributed by atoms with E-state index in [0.29, 0.717) is 5.92 Å². The number of benzene rings is 1. The molecule has 1 atom stereocenters. The van der Waals surface area contributed by atoms with Crippen LogP contribution in [0.15, 0.2) is 12.1 Å². The van der Waals surface area contributed by atoms with Crippen LogP contribution in [0.25, 0.3) is 0 Å². The van der Waals surface area contributed by atoms with Crippen LogP contribution < -0.4 is 5.73 Å². The van der Waals surface area contributed by atoms with Crippen molar-refractivity contribution >= 4 is 0 Å². The van der Waals surface area contributed by atoms with Crippen molar-refractivity contribution in [2.75, 3.05) is 0 Å². The second-order valence-electron chi connectivity index (χ2n) is 5.85. The lowest BCUT2D eigenvalue weighted by Gasteiger charge is -2.12. The summed E-state index contributed by atoms with van der Waals surface area (Å²) in [4.78, 5) is 0. The molecule has 20 heavy (non-hydrogen) atoms. The first-order valence-electron chi connectivity index (χ1n) is 7.93. The minimum atomic E-state index is -0.0281. The smallest absolute Gasteiger partial charge is 0.129 e. The van der Waals surface area contributed by atoms with Crippen LogP contribution in [-0.2, 0) is 12.8 Å². The first-order chi connectivity index (χ1) is 9.40. The average Bonchev–Trinajstić information content (AvgIpc) is 2.36. The molecule has 0 unspecified atom stereocenters. The van der Waals surface area contributed by atoms with Gasteiger partial charge in [0.05, 0.1) is 0 Å². The van der Waals surface area contributed by atoms with Crippen LogP contribution in [0.4, 0.5) is 4.39 Å². The Labute approximate surface area is 124 Å². The summed E-state index contributed by atoms with van der Waals surface area (Å²) in [6, 6.07) is 4.26. The molecule has 2 heteroatoms. The Balaban J connectivity index is 0.00000172. The Morgan fingerprint density at radius 2 is 1.75 bits per heavy atom. The molecule has 1 aromatic carbocycles. The van der Waals surface area contributed by atoms with Crippen molar-refractivity contribution in [1.82, 2.24) is 0 Å². The van der Waals surface area contributed by atoms with E-state index in [2.05, 4.69) is 13.8 Å². The van der Waals surface area contributed by atoms with E-state index in [9.17, 15) is 4.39 Å². The van der Waals surface area contributed by atoms with Gasteiger partial charge >= 0.3 is 0 Å². The number of hydrogen-bond donors (Lipinski definition) is 1. The molecule has 2 N–H and O–H groups in total. The van der Waals surface area contributed by atoms with Crippen molar-refractivity contribution in [3.63, 3.8) is 0 Å². The highest BCUT2D eigenvalue weighted by Gasteiger charge is 2.09. The Morgan fingerprint density at radius 3 is 2.25 bits per heavy atom. The standard InChI is InChI=1S/C16H26FN.C2H6/c1-11(2)8-15-10-14(7-5-6-13(4)18)9-12(3)16(15)17;1-2/h9-11,13H,5-8,18H2,1-4H3;1-2H3/t13-;/m0./s1. The summed E-state index contributed by atoms with van der Waals surface area (Å²) >= 11 is 0. The second kappa shape index (κ2) is 9.93. The minimum absolute atomic E-state index is 0.0281. The third kappa shape index (κ3) is 7.04. The van der Waals surface area contributed by atoms with Crippen molar-refractivity contribution in [3.8, 4) is 0 Å². The van der Waals surface area contributed by atoms with Crippen LogP contribution in [0.3, 0.4) is 0 Å². The normalized spacial score (nSPS) is 12.1. The maximum Gasteiger partial charge on any atom is 0.129 e. The largest absolute Gasteiger partial charge is 0.328 e. The second-order valence-corrected chi connectivity index (χ2v) is 5.85. The van der Waals surface area contributed by atoms with Gasteiger partial charge in [-0.25, -0.2) is 4.39 Å². The highest BCUT2D eigenvalue weighted by Crippen LogP contribution is 2.20. The molecular weight excluding hydrogens is 249 g/mol. The number of nitrogens with two attached hydrogens (primary N) is 1. The van der Waals surface area contributed by atoms with E-state index in [1.165, 1.54) is 5.56 Å². The Morgan fingerprint density at radius 1 is 1.15 bits per heavy atom. The van der Waals surface area contributed by atoms with Gasteiger partial charge in [-0.05, 0) is 62.1 Å². The highest BCUT2D eigenvalue weighted by molar-refractivity contribution is 5.31. The lowest BCUT2D eigenvalue weighted by molar-refractivity contribution is 0.565. The number of halogens is 1. The molecule has 116 valence electrons. The van der Waals surface area contributed by atoms with Gasteiger partial charge in [-0.1, -0.05) is 39.8 Å². The van der Waals surface area contributed by atoms with Crippen LogP contribution in [0.2, 0.25) is 0 Å². The molecule has 0 bridgehead atoms. The molecule has 0 saturated carbocycles. The van der Waals surface area contributed by atoms with E-state index < -0.39 is 0 Å². The molecule has 0 aliphatic carbocycles. The molecule has 0 fully saturated rings. The number of hydrogen-bond acceptors (Lipinski definition) is 1. The van der Waals surface area contributed by atoms with Crippen LogP contribution >= 0.6 is 0 Å². The van der Waals surface area contributed by atoms with E-state index in [1.807, 2.05) is 39.8 Å². The maximum atomic E-state index is 14.0. The van der Waals surface area contributed by atoms with Gasteiger partial charge in [0.2, 0.25) is 0 Å².